The summed E-state index contributed by atoms with van der Waals surface area (Å²) >= 11 is 0. The van der Waals surface area contributed by atoms with Crippen molar-refractivity contribution in [1.82, 2.24) is 4.90 Å². The number of rotatable bonds is 1. The summed E-state index contributed by atoms with van der Waals surface area (Å²) in [4.78, 5) is 2.35. The first-order chi connectivity index (χ1) is 5.74. The lowest BCUT2D eigenvalue weighted by atomic mass is 9.80. The number of hydrogen-bond acceptors (Lipinski definition) is 2. The van der Waals surface area contributed by atoms with E-state index in [1.165, 1.54) is 19.3 Å². The van der Waals surface area contributed by atoms with E-state index in [0.717, 1.165) is 25.6 Å². The van der Waals surface area contributed by atoms with Crippen LogP contribution in [0.4, 0.5) is 0 Å². The Morgan fingerprint density at radius 3 is 2.83 bits per heavy atom. The highest BCUT2D eigenvalue weighted by Crippen LogP contribution is 2.36. The van der Waals surface area contributed by atoms with Gasteiger partial charge in [0.25, 0.3) is 0 Å². The standard InChI is InChI=1S/C10H19NO/c1-3-9-4-5-12-10(6-9)7-11(2)8-10/h9H,3-8H2,1-2H3. The van der Waals surface area contributed by atoms with E-state index in [2.05, 4.69) is 18.9 Å². The van der Waals surface area contributed by atoms with Gasteiger partial charge in [-0.05, 0) is 25.8 Å². The average Bonchev–Trinajstić information content (AvgIpc) is 2.02. The van der Waals surface area contributed by atoms with E-state index in [-0.39, 0.29) is 5.60 Å². The van der Waals surface area contributed by atoms with Gasteiger partial charge in [-0.1, -0.05) is 13.3 Å². The third-order valence-electron chi connectivity index (χ3n) is 3.29. The van der Waals surface area contributed by atoms with Crippen LogP contribution in [0.2, 0.25) is 0 Å². The van der Waals surface area contributed by atoms with Gasteiger partial charge in [0.2, 0.25) is 0 Å². The maximum absolute atomic E-state index is 5.86. The summed E-state index contributed by atoms with van der Waals surface area (Å²) in [5, 5.41) is 0. The molecule has 12 heavy (non-hydrogen) atoms. The van der Waals surface area contributed by atoms with Crippen LogP contribution in [0.15, 0.2) is 0 Å². The maximum atomic E-state index is 5.86. The molecular formula is C10H19NO. The van der Waals surface area contributed by atoms with Crippen molar-refractivity contribution in [2.75, 3.05) is 26.7 Å². The Morgan fingerprint density at radius 1 is 1.50 bits per heavy atom. The lowest BCUT2D eigenvalue weighted by molar-refractivity contribution is -0.172. The molecule has 2 aliphatic rings. The van der Waals surface area contributed by atoms with E-state index < -0.39 is 0 Å². The Bertz CT molecular complexity index is 158. The van der Waals surface area contributed by atoms with E-state index >= 15 is 0 Å². The van der Waals surface area contributed by atoms with Gasteiger partial charge in [-0.2, -0.15) is 0 Å². The lowest BCUT2D eigenvalue weighted by Crippen LogP contribution is -2.63. The zero-order valence-corrected chi connectivity index (χ0v) is 8.18. The summed E-state index contributed by atoms with van der Waals surface area (Å²) in [6.07, 6.45) is 3.91. The molecule has 0 bridgehead atoms. The lowest BCUT2D eigenvalue weighted by Gasteiger charge is -2.52. The Balaban J connectivity index is 1.91. The molecule has 0 N–H and O–H groups in total. The van der Waals surface area contributed by atoms with Gasteiger partial charge in [0.05, 0.1) is 5.60 Å². The maximum Gasteiger partial charge on any atom is 0.0937 e. The molecule has 70 valence electrons. The number of nitrogens with zero attached hydrogens (tertiary/aromatic N) is 1. The molecule has 2 aliphatic heterocycles. The second-order valence-electron chi connectivity index (χ2n) is 4.47. The fourth-order valence-electron chi connectivity index (χ4n) is 2.64. The zero-order chi connectivity index (χ0) is 8.60. The van der Waals surface area contributed by atoms with Crippen LogP contribution in [0.1, 0.15) is 26.2 Å². The predicted molar refractivity (Wildman–Crippen MR) is 49.2 cm³/mol. The highest BCUT2D eigenvalue weighted by molar-refractivity contribution is 4.98. The number of ether oxygens (including phenoxy) is 1. The molecule has 2 rings (SSSR count). The molecule has 0 radical (unpaired) electrons. The van der Waals surface area contributed by atoms with Crippen molar-refractivity contribution in [3.63, 3.8) is 0 Å². The fraction of sp³-hybridized carbons (Fsp3) is 1.00. The number of likely N-dealkylation sites (N-methyl/N-ethyl adjacent to an activating group) is 1. The third-order valence-corrected chi connectivity index (χ3v) is 3.29. The van der Waals surface area contributed by atoms with Crippen molar-refractivity contribution in [2.45, 2.75) is 31.8 Å². The fourth-order valence-corrected chi connectivity index (χ4v) is 2.64. The summed E-state index contributed by atoms with van der Waals surface area (Å²) in [7, 11) is 2.17. The Hall–Kier alpha value is -0.0800. The molecular weight excluding hydrogens is 150 g/mol. The predicted octanol–water partition coefficient (Wildman–Crippen LogP) is 1.51. The molecule has 0 aromatic heterocycles. The Kier molecular flexibility index (Phi) is 2.13. The second kappa shape index (κ2) is 3.00. The molecule has 1 atom stereocenters. The van der Waals surface area contributed by atoms with Crippen LogP contribution in [-0.2, 0) is 4.74 Å². The van der Waals surface area contributed by atoms with Gasteiger partial charge < -0.3 is 9.64 Å². The molecule has 2 nitrogen and oxygen atoms in total. The SMILES string of the molecule is CCC1CCOC2(C1)CN(C)C2. The van der Waals surface area contributed by atoms with Crippen LogP contribution < -0.4 is 0 Å². The van der Waals surface area contributed by atoms with Crippen molar-refractivity contribution in [2.24, 2.45) is 5.92 Å². The van der Waals surface area contributed by atoms with Crippen molar-refractivity contribution >= 4 is 0 Å². The molecule has 0 saturated carbocycles. The molecule has 1 unspecified atom stereocenters. The van der Waals surface area contributed by atoms with Crippen LogP contribution in [0, 0.1) is 5.92 Å². The van der Waals surface area contributed by atoms with E-state index in [1.807, 2.05) is 0 Å². The van der Waals surface area contributed by atoms with E-state index in [9.17, 15) is 0 Å². The van der Waals surface area contributed by atoms with Gasteiger partial charge in [-0.25, -0.2) is 0 Å². The van der Waals surface area contributed by atoms with E-state index in [0.29, 0.717) is 0 Å². The first-order valence-corrected chi connectivity index (χ1v) is 5.06. The van der Waals surface area contributed by atoms with E-state index in [1.54, 1.807) is 0 Å². The minimum absolute atomic E-state index is 0.272. The highest BCUT2D eigenvalue weighted by atomic mass is 16.5. The molecule has 2 fully saturated rings. The highest BCUT2D eigenvalue weighted by Gasteiger charge is 2.45. The molecule has 2 heteroatoms. The minimum atomic E-state index is 0.272. The summed E-state index contributed by atoms with van der Waals surface area (Å²) in [6, 6.07) is 0. The van der Waals surface area contributed by atoms with Crippen LogP contribution in [0.5, 0.6) is 0 Å². The van der Waals surface area contributed by atoms with Crippen molar-refractivity contribution in [3.05, 3.63) is 0 Å². The molecule has 2 saturated heterocycles. The van der Waals surface area contributed by atoms with Crippen LogP contribution >= 0.6 is 0 Å². The van der Waals surface area contributed by atoms with Crippen molar-refractivity contribution < 1.29 is 4.74 Å². The smallest absolute Gasteiger partial charge is 0.0937 e. The van der Waals surface area contributed by atoms with Crippen LogP contribution in [-0.4, -0.2) is 37.2 Å². The van der Waals surface area contributed by atoms with Gasteiger partial charge >= 0.3 is 0 Å². The summed E-state index contributed by atoms with van der Waals surface area (Å²) in [6.45, 7) is 5.60. The topological polar surface area (TPSA) is 12.5 Å². The molecule has 0 amide bonds. The second-order valence-corrected chi connectivity index (χ2v) is 4.47. The monoisotopic (exact) mass is 169 g/mol. The van der Waals surface area contributed by atoms with Crippen molar-refractivity contribution in [1.29, 1.82) is 0 Å². The van der Waals surface area contributed by atoms with Gasteiger partial charge in [-0.15, -0.1) is 0 Å². The van der Waals surface area contributed by atoms with Crippen LogP contribution in [0.25, 0.3) is 0 Å². The summed E-state index contributed by atoms with van der Waals surface area (Å²) in [5.74, 6) is 0.924. The first kappa shape index (κ1) is 8.52. The third kappa shape index (κ3) is 1.38. The minimum Gasteiger partial charge on any atom is -0.372 e. The summed E-state index contributed by atoms with van der Waals surface area (Å²) < 4.78 is 5.86. The Labute approximate surface area is 74.9 Å². The zero-order valence-electron chi connectivity index (χ0n) is 8.18. The number of hydrogen-bond donors (Lipinski definition) is 0. The molecule has 0 aliphatic carbocycles. The largest absolute Gasteiger partial charge is 0.372 e. The average molecular weight is 169 g/mol. The summed E-state index contributed by atoms with van der Waals surface area (Å²) in [5.41, 5.74) is 0.272. The van der Waals surface area contributed by atoms with Crippen LogP contribution in [0.3, 0.4) is 0 Å². The van der Waals surface area contributed by atoms with Gasteiger partial charge in [0, 0.05) is 19.7 Å². The van der Waals surface area contributed by atoms with Gasteiger partial charge in [0.1, 0.15) is 0 Å². The van der Waals surface area contributed by atoms with Gasteiger partial charge in [-0.3, -0.25) is 0 Å². The first-order valence-electron chi connectivity index (χ1n) is 5.06. The molecule has 2 heterocycles. The molecule has 1 spiro atoms. The van der Waals surface area contributed by atoms with Gasteiger partial charge in [0.15, 0.2) is 0 Å². The molecule has 0 aromatic rings. The number of likely N-dealkylation sites (tertiary alicyclic amines) is 1. The van der Waals surface area contributed by atoms with E-state index in [4.69, 9.17) is 4.74 Å². The normalized spacial score (nSPS) is 35.0. The van der Waals surface area contributed by atoms with Crippen molar-refractivity contribution in [3.8, 4) is 0 Å². The Morgan fingerprint density at radius 2 is 2.25 bits per heavy atom. The quantitative estimate of drug-likeness (QED) is 0.590. The molecule has 0 aromatic carbocycles.